The summed E-state index contributed by atoms with van der Waals surface area (Å²) >= 11 is 3.31. The van der Waals surface area contributed by atoms with Crippen molar-refractivity contribution in [2.45, 2.75) is 25.4 Å². The van der Waals surface area contributed by atoms with Crippen LogP contribution >= 0.6 is 15.9 Å². The van der Waals surface area contributed by atoms with E-state index in [2.05, 4.69) is 36.1 Å². The predicted molar refractivity (Wildman–Crippen MR) is 93.8 cm³/mol. The number of hydrogen-bond acceptors (Lipinski definition) is 5. The zero-order chi connectivity index (χ0) is 16.9. The van der Waals surface area contributed by atoms with Crippen LogP contribution in [0.15, 0.2) is 46.1 Å². The number of anilines is 1. The van der Waals surface area contributed by atoms with E-state index in [-0.39, 0.29) is 24.1 Å². The maximum atomic E-state index is 12.3. The Morgan fingerprint density at radius 2 is 2.12 bits per heavy atom. The van der Waals surface area contributed by atoms with Crippen molar-refractivity contribution in [3.63, 3.8) is 0 Å². The summed E-state index contributed by atoms with van der Waals surface area (Å²) in [4.78, 5) is 34.6. The fraction of sp³-hybridized carbons (Fsp3) is 0.375. The van der Waals surface area contributed by atoms with Crippen molar-refractivity contribution >= 4 is 27.8 Å². The molecule has 2 aromatic rings. The molecule has 0 spiro atoms. The Morgan fingerprint density at radius 1 is 1.33 bits per heavy atom. The molecule has 3 rings (SSSR count). The fourth-order valence-electron chi connectivity index (χ4n) is 2.78. The number of hydrogen-bond donors (Lipinski definition) is 1. The molecule has 0 saturated carbocycles. The number of carbonyl (C=O) groups is 1. The van der Waals surface area contributed by atoms with Gasteiger partial charge in [0.2, 0.25) is 11.9 Å². The molecule has 0 aromatic carbocycles. The molecule has 8 heteroatoms. The quantitative estimate of drug-likeness (QED) is 0.846. The van der Waals surface area contributed by atoms with Gasteiger partial charge in [-0.3, -0.25) is 9.59 Å². The molecule has 126 valence electrons. The highest BCUT2D eigenvalue weighted by atomic mass is 79.9. The predicted octanol–water partition coefficient (Wildman–Crippen LogP) is 1.19. The monoisotopic (exact) mass is 391 g/mol. The van der Waals surface area contributed by atoms with Crippen LogP contribution in [0.25, 0.3) is 0 Å². The number of rotatable bonds is 4. The third-order valence-electron chi connectivity index (χ3n) is 3.88. The van der Waals surface area contributed by atoms with Crippen LogP contribution in [0, 0.1) is 0 Å². The van der Waals surface area contributed by atoms with Crippen LogP contribution in [0.4, 0.5) is 5.95 Å². The minimum Gasteiger partial charge on any atom is -0.350 e. The minimum atomic E-state index is -0.198. The van der Waals surface area contributed by atoms with Crippen LogP contribution in [0.1, 0.15) is 12.8 Å². The standard InChI is InChI=1S/C16H18BrN5O2/c17-12-4-5-15(24)22(9-12)11-14(23)20-13-3-1-8-21(10-13)16-18-6-2-7-19-16/h2,4-7,9,13H,1,3,8,10-11H2,(H,20,23)/t13-/m0/s1. The van der Waals surface area contributed by atoms with Gasteiger partial charge in [0, 0.05) is 48.3 Å². The van der Waals surface area contributed by atoms with Gasteiger partial charge in [0.25, 0.3) is 5.56 Å². The summed E-state index contributed by atoms with van der Waals surface area (Å²) in [6.07, 6.45) is 6.91. The molecule has 0 aliphatic carbocycles. The molecule has 24 heavy (non-hydrogen) atoms. The van der Waals surface area contributed by atoms with Crippen molar-refractivity contribution in [1.29, 1.82) is 0 Å². The van der Waals surface area contributed by atoms with Crippen LogP contribution in [-0.2, 0) is 11.3 Å². The van der Waals surface area contributed by atoms with E-state index in [0.29, 0.717) is 12.5 Å². The second kappa shape index (κ2) is 7.57. The molecular formula is C16H18BrN5O2. The lowest BCUT2D eigenvalue weighted by atomic mass is 10.1. The second-order valence-corrected chi connectivity index (χ2v) is 6.63. The number of nitrogens with one attached hydrogen (secondary N) is 1. The van der Waals surface area contributed by atoms with Gasteiger partial charge in [-0.15, -0.1) is 0 Å². The van der Waals surface area contributed by atoms with Crippen LogP contribution in [0.2, 0.25) is 0 Å². The molecule has 0 bridgehead atoms. The van der Waals surface area contributed by atoms with E-state index in [1.807, 2.05) is 0 Å². The Morgan fingerprint density at radius 3 is 2.92 bits per heavy atom. The summed E-state index contributed by atoms with van der Waals surface area (Å²) in [5.74, 6) is 0.510. The normalized spacial score (nSPS) is 17.5. The first-order valence-corrected chi connectivity index (χ1v) is 8.58. The van der Waals surface area contributed by atoms with Gasteiger partial charge in [-0.05, 0) is 40.9 Å². The molecule has 1 saturated heterocycles. The topological polar surface area (TPSA) is 80.1 Å². The molecular weight excluding hydrogens is 374 g/mol. The van der Waals surface area contributed by atoms with Gasteiger partial charge in [0.1, 0.15) is 6.54 Å². The van der Waals surface area contributed by atoms with Crippen molar-refractivity contribution in [3.8, 4) is 0 Å². The van der Waals surface area contributed by atoms with Crippen LogP contribution in [-0.4, -0.2) is 39.6 Å². The number of halogens is 1. The van der Waals surface area contributed by atoms with Crippen LogP contribution in [0.3, 0.4) is 0 Å². The third-order valence-corrected chi connectivity index (χ3v) is 4.35. The molecule has 0 radical (unpaired) electrons. The Balaban J connectivity index is 1.60. The molecule has 0 unspecified atom stereocenters. The van der Waals surface area contributed by atoms with Crippen LogP contribution < -0.4 is 15.8 Å². The van der Waals surface area contributed by atoms with Crippen molar-refractivity contribution in [2.75, 3.05) is 18.0 Å². The van der Waals surface area contributed by atoms with E-state index in [0.717, 1.165) is 23.9 Å². The summed E-state index contributed by atoms with van der Waals surface area (Å²) in [5.41, 5.74) is -0.198. The van der Waals surface area contributed by atoms with Gasteiger partial charge in [-0.1, -0.05) is 0 Å². The number of amides is 1. The lowest BCUT2D eigenvalue weighted by Crippen LogP contribution is -2.49. The highest BCUT2D eigenvalue weighted by Crippen LogP contribution is 2.15. The molecule has 2 aromatic heterocycles. The first-order chi connectivity index (χ1) is 11.6. The first-order valence-electron chi connectivity index (χ1n) is 7.79. The summed E-state index contributed by atoms with van der Waals surface area (Å²) in [6.45, 7) is 1.56. The third kappa shape index (κ3) is 4.19. The summed E-state index contributed by atoms with van der Waals surface area (Å²) in [6, 6.07) is 4.91. The highest BCUT2D eigenvalue weighted by molar-refractivity contribution is 9.10. The summed E-state index contributed by atoms with van der Waals surface area (Å²) < 4.78 is 2.15. The van der Waals surface area contributed by atoms with E-state index in [1.54, 1.807) is 30.7 Å². The largest absolute Gasteiger partial charge is 0.350 e. The zero-order valence-corrected chi connectivity index (χ0v) is 14.6. The molecule has 1 fully saturated rings. The Bertz CT molecular complexity index is 765. The number of pyridine rings is 1. The molecule has 1 amide bonds. The van der Waals surface area contributed by atoms with Crippen molar-refractivity contribution < 1.29 is 4.79 Å². The van der Waals surface area contributed by atoms with Gasteiger partial charge in [0.05, 0.1) is 0 Å². The maximum Gasteiger partial charge on any atom is 0.251 e. The van der Waals surface area contributed by atoms with Gasteiger partial charge < -0.3 is 14.8 Å². The highest BCUT2D eigenvalue weighted by Gasteiger charge is 2.23. The SMILES string of the molecule is O=C(Cn1cc(Br)ccc1=O)N[C@H]1CCCN(c2ncccn2)C1. The second-order valence-electron chi connectivity index (χ2n) is 5.71. The summed E-state index contributed by atoms with van der Waals surface area (Å²) in [5, 5.41) is 3.00. The molecule has 7 nitrogen and oxygen atoms in total. The Kier molecular flexibility index (Phi) is 5.24. The van der Waals surface area contributed by atoms with Crippen molar-refractivity contribution in [3.05, 3.63) is 51.6 Å². The fourth-order valence-corrected chi connectivity index (χ4v) is 3.16. The number of aromatic nitrogens is 3. The number of nitrogens with zero attached hydrogens (tertiary/aromatic N) is 4. The average Bonchev–Trinajstić information content (AvgIpc) is 2.59. The minimum absolute atomic E-state index is 0.0105. The lowest BCUT2D eigenvalue weighted by molar-refractivity contribution is -0.122. The number of piperidine rings is 1. The Labute approximate surface area is 147 Å². The van der Waals surface area contributed by atoms with Gasteiger partial charge in [0.15, 0.2) is 0 Å². The van der Waals surface area contributed by atoms with Crippen molar-refractivity contribution in [2.24, 2.45) is 0 Å². The summed E-state index contributed by atoms with van der Waals surface area (Å²) in [7, 11) is 0. The van der Waals surface area contributed by atoms with Gasteiger partial charge in [-0.2, -0.15) is 0 Å². The smallest absolute Gasteiger partial charge is 0.251 e. The zero-order valence-electron chi connectivity index (χ0n) is 13.1. The molecule has 1 N–H and O–H groups in total. The van der Waals surface area contributed by atoms with E-state index >= 15 is 0 Å². The van der Waals surface area contributed by atoms with E-state index in [4.69, 9.17) is 0 Å². The molecule has 3 heterocycles. The maximum absolute atomic E-state index is 12.3. The van der Waals surface area contributed by atoms with E-state index in [1.165, 1.54) is 10.6 Å². The van der Waals surface area contributed by atoms with Crippen LogP contribution in [0.5, 0.6) is 0 Å². The van der Waals surface area contributed by atoms with Crippen molar-refractivity contribution in [1.82, 2.24) is 19.9 Å². The van der Waals surface area contributed by atoms with E-state index in [9.17, 15) is 9.59 Å². The first kappa shape index (κ1) is 16.6. The molecule has 1 atom stereocenters. The molecule has 1 aliphatic heterocycles. The Hall–Kier alpha value is -2.22. The van der Waals surface area contributed by atoms with E-state index < -0.39 is 0 Å². The van der Waals surface area contributed by atoms with Gasteiger partial charge >= 0.3 is 0 Å². The molecule has 1 aliphatic rings. The average molecular weight is 392 g/mol. The van der Waals surface area contributed by atoms with Gasteiger partial charge in [-0.25, -0.2) is 9.97 Å². The lowest BCUT2D eigenvalue weighted by Gasteiger charge is -2.33. The number of carbonyl (C=O) groups excluding carboxylic acids is 1.